The number of halogens is 2. The summed E-state index contributed by atoms with van der Waals surface area (Å²) < 4.78 is 7.38. The molecule has 2 rings (SSSR count). The number of benzene rings is 1. The van der Waals surface area contributed by atoms with E-state index >= 15 is 0 Å². The Kier molecular flexibility index (Phi) is 12.8. The number of aryl methyl sites for hydroxylation is 2. The Hall–Kier alpha value is -2.72. The molecule has 1 heterocycles. The molecule has 0 aliphatic carbocycles. The normalized spacial score (nSPS) is 13.2. The van der Waals surface area contributed by atoms with Crippen molar-refractivity contribution in [3.8, 4) is 0 Å². The molecule has 0 bridgehead atoms. The highest BCUT2D eigenvalue weighted by Crippen LogP contribution is 2.23. The van der Waals surface area contributed by atoms with Gasteiger partial charge in [-0.2, -0.15) is 0 Å². The van der Waals surface area contributed by atoms with E-state index in [0.29, 0.717) is 37.7 Å². The first kappa shape index (κ1) is 33.5. The predicted octanol–water partition coefficient (Wildman–Crippen LogP) is 3.96. The van der Waals surface area contributed by atoms with Gasteiger partial charge in [0.05, 0.1) is 11.0 Å². The van der Waals surface area contributed by atoms with Crippen molar-refractivity contribution >= 4 is 57.8 Å². The quantitative estimate of drug-likeness (QED) is 0.283. The van der Waals surface area contributed by atoms with Crippen LogP contribution < -0.4 is 20.9 Å². The molecule has 1 aromatic carbocycles. The van der Waals surface area contributed by atoms with Gasteiger partial charge in [0, 0.05) is 51.1 Å². The molecule has 0 radical (unpaired) electrons. The van der Waals surface area contributed by atoms with Crippen LogP contribution in [0, 0.1) is 5.92 Å². The van der Waals surface area contributed by atoms with Crippen LogP contribution >= 0.6 is 23.2 Å². The third kappa shape index (κ3) is 10.0. The summed E-state index contributed by atoms with van der Waals surface area (Å²) in [6, 6.07) is 4.35. The summed E-state index contributed by atoms with van der Waals surface area (Å²) in [5.41, 5.74) is 1.99. The van der Waals surface area contributed by atoms with E-state index in [1.54, 1.807) is 20.8 Å². The fraction of sp³-hybridized carbons (Fsp3) is 0.643. The number of imidazole rings is 1. The smallest absolute Gasteiger partial charge is 0.408 e. The molecule has 0 spiro atoms. The Balaban J connectivity index is 2.29. The number of nitrogens with one attached hydrogen (secondary N) is 3. The van der Waals surface area contributed by atoms with E-state index in [2.05, 4.69) is 20.9 Å². The lowest BCUT2D eigenvalue weighted by Crippen LogP contribution is -2.54. The van der Waals surface area contributed by atoms with Crippen molar-refractivity contribution < 1.29 is 19.1 Å². The minimum atomic E-state index is -0.938. The topological polar surface area (TPSA) is 118 Å². The molecule has 0 aliphatic rings. The molecule has 0 saturated carbocycles. The number of fused-ring (bicyclic) bond motifs is 1. The number of ether oxygens (including phenoxy) is 1. The van der Waals surface area contributed by atoms with E-state index in [9.17, 15) is 14.4 Å². The second kappa shape index (κ2) is 15.3. The number of rotatable bonds is 14. The van der Waals surface area contributed by atoms with Gasteiger partial charge >= 0.3 is 6.09 Å². The van der Waals surface area contributed by atoms with E-state index in [1.807, 2.05) is 43.7 Å². The van der Waals surface area contributed by atoms with Crippen molar-refractivity contribution in [1.29, 1.82) is 0 Å². The molecule has 0 saturated heterocycles. The third-order valence-electron chi connectivity index (χ3n) is 6.28. The summed E-state index contributed by atoms with van der Waals surface area (Å²) in [6.07, 6.45) is 0.404. The van der Waals surface area contributed by atoms with E-state index < -0.39 is 29.7 Å². The van der Waals surface area contributed by atoms with Crippen molar-refractivity contribution in [2.24, 2.45) is 13.0 Å². The van der Waals surface area contributed by atoms with E-state index in [4.69, 9.17) is 32.9 Å². The minimum absolute atomic E-state index is 0.176. The number of carbonyl (C=O) groups excluding carboxylic acids is 3. The van der Waals surface area contributed by atoms with Crippen molar-refractivity contribution in [2.75, 3.05) is 36.8 Å². The Labute approximate surface area is 247 Å². The van der Waals surface area contributed by atoms with Gasteiger partial charge in [-0.3, -0.25) is 9.59 Å². The van der Waals surface area contributed by atoms with Crippen LogP contribution in [0.4, 0.5) is 10.5 Å². The zero-order valence-corrected chi connectivity index (χ0v) is 26.2. The standard InChI is InChI=1S/C28H44Cl2N6O4/c1-18(2)16-22(25(37)31-6)33-26(38)20(34-27(39)40-28(3,4)5)9-11-24-32-21-17-19(8-10-23(21)35(24)7)36(14-12-29)15-13-30/h8,10,17-18,20,22H,9,11-16H2,1-7H3,(H,31,37)(H,33,38)(H,34,39). The van der Waals surface area contributed by atoms with Crippen LogP contribution in [-0.2, 0) is 27.8 Å². The second-order valence-electron chi connectivity index (χ2n) is 11.2. The molecule has 2 unspecified atom stereocenters. The number of alkyl carbamates (subject to hydrolysis) is 1. The van der Waals surface area contributed by atoms with Crippen molar-refractivity contribution in [2.45, 2.75) is 71.6 Å². The summed E-state index contributed by atoms with van der Waals surface area (Å²) in [4.78, 5) is 45.3. The second-order valence-corrected chi connectivity index (χ2v) is 11.9. The van der Waals surface area contributed by atoms with Gasteiger partial charge in [0.25, 0.3) is 0 Å². The zero-order chi connectivity index (χ0) is 30.0. The molecule has 2 aromatic rings. The number of hydrogen-bond donors (Lipinski definition) is 3. The van der Waals surface area contributed by atoms with Crippen LogP contribution in [0.3, 0.4) is 0 Å². The molecule has 0 fully saturated rings. The number of hydrogen-bond acceptors (Lipinski definition) is 6. The van der Waals surface area contributed by atoms with E-state index in [0.717, 1.165) is 22.5 Å². The minimum Gasteiger partial charge on any atom is -0.444 e. The number of carbonyl (C=O) groups is 3. The summed E-state index contributed by atoms with van der Waals surface area (Å²) in [6.45, 7) is 10.5. The van der Waals surface area contributed by atoms with Crippen LogP contribution in [0.2, 0.25) is 0 Å². The number of likely N-dealkylation sites (N-methyl/N-ethyl adjacent to an activating group) is 1. The van der Waals surface area contributed by atoms with Crippen LogP contribution in [0.1, 0.15) is 53.3 Å². The molecule has 12 heteroatoms. The zero-order valence-electron chi connectivity index (χ0n) is 24.6. The van der Waals surface area contributed by atoms with Crippen molar-refractivity contribution in [3.63, 3.8) is 0 Å². The lowest BCUT2D eigenvalue weighted by molar-refractivity contribution is -0.130. The Morgan fingerprint density at radius 1 is 1.05 bits per heavy atom. The average molecular weight is 600 g/mol. The Bertz CT molecular complexity index is 1140. The fourth-order valence-corrected chi connectivity index (χ4v) is 4.78. The first-order valence-electron chi connectivity index (χ1n) is 13.6. The van der Waals surface area contributed by atoms with Gasteiger partial charge in [-0.15, -0.1) is 23.2 Å². The molecule has 1 aromatic heterocycles. The third-order valence-corrected chi connectivity index (χ3v) is 6.62. The fourth-order valence-electron chi connectivity index (χ4n) is 4.37. The number of anilines is 1. The van der Waals surface area contributed by atoms with Crippen molar-refractivity contribution in [1.82, 2.24) is 25.5 Å². The maximum atomic E-state index is 13.4. The highest BCUT2D eigenvalue weighted by atomic mass is 35.5. The first-order valence-corrected chi connectivity index (χ1v) is 14.7. The lowest BCUT2D eigenvalue weighted by atomic mass is 10.0. The highest BCUT2D eigenvalue weighted by molar-refractivity contribution is 6.18. The molecule has 2 atom stereocenters. The summed E-state index contributed by atoms with van der Waals surface area (Å²) in [7, 11) is 3.44. The van der Waals surface area contributed by atoms with E-state index in [-0.39, 0.29) is 18.2 Å². The van der Waals surface area contributed by atoms with Gasteiger partial charge in [0.15, 0.2) is 0 Å². The first-order chi connectivity index (χ1) is 18.8. The molecule has 3 amide bonds. The lowest BCUT2D eigenvalue weighted by Gasteiger charge is -2.25. The van der Waals surface area contributed by atoms with Crippen LogP contribution in [0.25, 0.3) is 11.0 Å². The number of aromatic nitrogens is 2. The number of alkyl halides is 2. The summed E-state index contributed by atoms with van der Waals surface area (Å²) in [5.74, 6) is 1.14. The molecule has 40 heavy (non-hydrogen) atoms. The Morgan fingerprint density at radius 3 is 2.25 bits per heavy atom. The van der Waals surface area contributed by atoms with Gasteiger partial charge in [-0.25, -0.2) is 9.78 Å². The highest BCUT2D eigenvalue weighted by Gasteiger charge is 2.29. The van der Waals surface area contributed by atoms with Crippen molar-refractivity contribution in [3.05, 3.63) is 24.0 Å². The van der Waals surface area contributed by atoms with E-state index in [1.165, 1.54) is 7.05 Å². The van der Waals surface area contributed by atoms with Crippen LogP contribution in [0.5, 0.6) is 0 Å². The molecular formula is C28H44Cl2N6O4. The van der Waals surface area contributed by atoms with Gasteiger partial charge in [0.1, 0.15) is 23.5 Å². The average Bonchev–Trinajstić information content (AvgIpc) is 3.18. The van der Waals surface area contributed by atoms with Gasteiger partial charge < -0.3 is 30.2 Å². The van der Waals surface area contributed by atoms with Gasteiger partial charge in [-0.05, 0) is 57.7 Å². The van der Waals surface area contributed by atoms with Gasteiger partial charge in [0.2, 0.25) is 11.8 Å². The molecule has 10 nitrogen and oxygen atoms in total. The SMILES string of the molecule is CNC(=O)C(CC(C)C)NC(=O)C(CCc1nc2cc(N(CCCl)CCCl)ccc2n1C)NC(=O)OC(C)(C)C. The van der Waals surface area contributed by atoms with Gasteiger partial charge in [-0.1, -0.05) is 13.8 Å². The Morgan fingerprint density at radius 2 is 1.70 bits per heavy atom. The maximum absolute atomic E-state index is 13.4. The predicted molar refractivity (Wildman–Crippen MR) is 161 cm³/mol. The monoisotopic (exact) mass is 598 g/mol. The maximum Gasteiger partial charge on any atom is 0.408 e. The summed E-state index contributed by atoms with van der Waals surface area (Å²) >= 11 is 12.0. The number of amides is 3. The van der Waals surface area contributed by atoms with Crippen LogP contribution in [-0.4, -0.2) is 77.0 Å². The van der Waals surface area contributed by atoms with Crippen LogP contribution in [0.15, 0.2) is 18.2 Å². The number of nitrogens with zero attached hydrogens (tertiary/aromatic N) is 3. The largest absolute Gasteiger partial charge is 0.444 e. The summed E-state index contributed by atoms with van der Waals surface area (Å²) in [5, 5.41) is 8.10. The molecule has 0 aliphatic heterocycles. The molecular weight excluding hydrogens is 555 g/mol. The molecule has 224 valence electrons. The molecule has 3 N–H and O–H groups in total.